The van der Waals surface area contributed by atoms with Crippen molar-refractivity contribution in [1.82, 2.24) is 19.8 Å². The van der Waals surface area contributed by atoms with E-state index in [2.05, 4.69) is 38.5 Å². The summed E-state index contributed by atoms with van der Waals surface area (Å²) in [6.07, 6.45) is 4.14. The molecular weight excluding hydrogens is 454 g/mol. The molecule has 176 valence electrons. The van der Waals surface area contributed by atoms with E-state index < -0.39 is 0 Å². The number of halogens is 1. The van der Waals surface area contributed by atoms with E-state index in [-0.39, 0.29) is 17.9 Å². The Hall–Kier alpha value is -1.83. The van der Waals surface area contributed by atoms with Crippen LogP contribution < -0.4 is 4.90 Å². The number of fused-ring (bicyclic) bond motifs is 1. The van der Waals surface area contributed by atoms with E-state index in [0.29, 0.717) is 23.4 Å². The van der Waals surface area contributed by atoms with Crippen molar-refractivity contribution >= 4 is 35.1 Å². The number of anilines is 1. The number of thioether (sulfide) groups is 1. The monoisotopic (exact) mass is 485 g/mol. The van der Waals surface area contributed by atoms with Crippen LogP contribution in [0.15, 0.2) is 30.6 Å². The molecule has 0 saturated carbocycles. The maximum atomic E-state index is 13.8. The van der Waals surface area contributed by atoms with E-state index >= 15 is 0 Å². The number of rotatable bonds is 5. The maximum absolute atomic E-state index is 13.8. The largest absolute Gasteiger partial charge is 0.350 e. The standard InChI is InChI=1S/C25H32ClN5OS/c1-17-13-30(11-12-31(17)24-23-18(2)33-15-22(23)27-16-28-24)25(32)21(14-29-9-3-4-10-29)19-5-7-20(26)8-6-19/h5-8,16-18,21H,3-4,9-15H2,1-2H3. The van der Waals surface area contributed by atoms with Gasteiger partial charge in [0, 0.05) is 53.8 Å². The highest BCUT2D eigenvalue weighted by Gasteiger charge is 2.35. The summed E-state index contributed by atoms with van der Waals surface area (Å²) < 4.78 is 0. The fourth-order valence-electron chi connectivity index (χ4n) is 5.41. The molecular formula is C25H32ClN5OS. The molecule has 5 rings (SSSR count). The van der Waals surface area contributed by atoms with Gasteiger partial charge in [-0.15, -0.1) is 11.8 Å². The zero-order valence-corrected chi connectivity index (χ0v) is 21.0. The molecule has 2 saturated heterocycles. The van der Waals surface area contributed by atoms with Gasteiger partial charge in [0.15, 0.2) is 0 Å². The number of nitrogens with zero attached hydrogens (tertiary/aromatic N) is 5. The number of amides is 1. The topological polar surface area (TPSA) is 52.6 Å². The van der Waals surface area contributed by atoms with E-state index in [0.717, 1.165) is 49.0 Å². The average molecular weight is 486 g/mol. The van der Waals surface area contributed by atoms with Crippen LogP contribution in [0.2, 0.25) is 5.02 Å². The van der Waals surface area contributed by atoms with Crippen molar-refractivity contribution in [2.75, 3.05) is 44.2 Å². The van der Waals surface area contributed by atoms with Gasteiger partial charge >= 0.3 is 0 Å². The fraction of sp³-hybridized carbons (Fsp3) is 0.560. The van der Waals surface area contributed by atoms with Gasteiger partial charge in [-0.2, -0.15) is 0 Å². The second-order valence-corrected chi connectivity index (χ2v) is 11.2. The summed E-state index contributed by atoms with van der Waals surface area (Å²) in [6, 6.07) is 8.04. The molecule has 2 fully saturated rings. The van der Waals surface area contributed by atoms with Crippen LogP contribution in [-0.4, -0.2) is 71.0 Å². The molecule has 0 N–H and O–H groups in total. The molecule has 0 spiro atoms. The minimum Gasteiger partial charge on any atom is -0.350 e. The van der Waals surface area contributed by atoms with Crippen LogP contribution in [0, 0.1) is 0 Å². The number of carbonyl (C=O) groups is 1. The smallest absolute Gasteiger partial charge is 0.231 e. The van der Waals surface area contributed by atoms with Gasteiger partial charge in [-0.1, -0.05) is 23.7 Å². The van der Waals surface area contributed by atoms with Crippen molar-refractivity contribution in [3.05, 3.63) is 52.4 Å². The number of hydrogen-bond acceptors (Lipinski definition) is 6. The zero-order valence-electron chi connectivity index (χ0n) is 19.4. The Kier molecular flexibility index (Phi) is 6.81. The molecule has 3 aliphatic heterocycles. The lowest BCUT2D eigenvalue weighted by atomic mass is 9.96. The summed E-state index contributed by atoms with van der Waals surface area (Å²) in [5, 5.41) is 1.12. The minimum absolute atomic E-state index is 0.154. The lowest BCUT2D eigenvalue weighted by molar-refractivity contribution is -0.134. The van der Waals surface area contributed by atoms with E-state index in [1.165, 1.54) is 18.4 Å². The molecule has 1 aromatic heterocycles. The first-order chi connectivity index (χ1) is 16.0. The Morgan fingerprint density at radius 2 is 1.88 bits per heavy atom. The van der Waals surface area contributed by atoms with Crippen LogP contribution in [0.1, 0.15) is 54.7 Å². The van der Waals surface area contributed by atoms with Gasteiger partial charge in [-0.05, 0) is 57.5 Å². The maximum Gasteiger partial charge on any atom is 0.231 e. The molecule has 8 heteroatoms. The van der Waals surface area contributed by atoms with Crippen molar-refractivity contribution in [3.63, 3.8) is 0 Å². The van der Waals surface area contributed by atoms with Gasteiger partial charge in [-0.3, -0.25) is 4.79 Å². The minimum atomic E-state index is -0.154. The highest BCUT2D eigenvalue weighted by Crippen LogP contribution is 2.44. The number of piperazine rings is 1. The Morgan fingerprint density at radius 3 is 2.61 bits per heavy atom. The molecule has 0 aliphatic carbocycles. The third kappa shape index (κ3) is 4.73. The summed E-state index contributed by atoms with van der Waals surface area (Å²) >= 11 is 8.06. The second-order valence-electron chi connectivity index (χ2n) is 9.45. The lowest BCUT2D eigenvalue weighted by Crippen LogP contribution is -2.55. The highest BCUT2D eigenvalue weighted by molar-refractivity contribution is 7.99. The molecule has 0 radical (unpaired) electrons. The van der Waals surface area contributed by atoms with Gasteiger partial charge in [-0.25, -0.2) is 9.97 Å². The van der Waals surface area contributed by atoms with E-state index in [9.17, 15) is 4.79 Å². The number of carbonyl (C=O) groups excluding carboxylic acids is 1. The van der Waals surface area contributed by atoms with Crippen molar-refractivity contribution in [3.8, 4) is 0 Å². The molecule has 6 nitrogen and oxygen atoms in total. The van der Waals surface area contributed by atoms with Gasteiger partial charge in [0.05, 0.1) is 11.6 Å². The lowest BCUT2D eigenvalue weighted by Gasteiger charge is -2.42. The third-order valence-corrected chi connectivity index (χ3v) is 8.67. The SMILES string of the molecule is CC1SCc2ncnc(N3CCN(C(=O)C(CN4CCCC4)c4ccc(Cl)cc4)CC3C)c21. The Morgan fingerprint density at radius 1 is 1.12 bits per heavy atom. The summed E-state index contributed by atoms with van der Waals surface area (Å²) in [6.45, 7) is 9.61. The van der Waals surface area contributed by atoms with Crippen molar-refractivity contribution in [2.24, 2.45) is 0 Å². The van der Waals surface area contributed by atoms with Gasteiger partial charge in [0.1, 0.15) is 12.1 Å². The fourth-order valence-corrected chi connectivity index (χ4v) is 6.58. The second kappa shape index (κ2) is 9.80. The molecule has 33 heavy (non-hydrogen) atoms. The first kappa shape index (κ1) is 22.9. The molecule has 1 amide bonds. The van der Waals surface area contributed by atoms with Crippen molar-refractivity contribution in [1.29, 1.82) is 0 Å². The first-order valence-corrected chi connectivity index (χ1v) is 13.4. The molecule has 1 aromatic carbocycles. The molecule has 3 unspecified atom stereocenters. The summed E-state index contributed by atoms with van der Waals surface area (Å²) in [5.41, 5.74) is 3.50. The van der Waals surface area contributed by atoms with Crippen LogP contribution in [0.5, 0.6) is 0 Å². The van der Waals surface area contributed by atoms with Gasteiger partial charge in [0.2, 0.25) is 5.91 Å². The number of hydrogen-bond donors (Lipinski definition) is 0. The predicted molar refractivity (Wildman–Crippen MR) is 135 cm³/mol. The van der Waals surface area contributed by atoms with Gasteiger partial charge < -0.3 is 14.7 Å². The first-order valence-electron chi connectivity index (χ1n) is 12.0. The Balaban J connectivity index is 1.33. The number of likely N-dealkylation sites (tertiary alicyclic amines) is 1. The quantitative estimate of drug-likeness (QED) is 0.627. The van der Waals surface area contributed by atoms with E-state index in [1.54, 1.807) is 6.33 Å². The van der Waals surface area contributed by atoms with E-state index in [1.807, 2.05) is 36.0 Å². The van der Waals surface area contributed by atoms with Crippen molar-refractivity contribution in [2.45, 2.75) is 49.7 Å². The zero-order chi connectivity index (χ0) is 22.9. The molecule has 2 aromatic rings. The van der Waals surface area contributed by atoms with Crippen LogP contribution in [-0.2, 0) is 10.5 Å². The molecule has 0 bridgehead atoms. The number of aromatic nitrogens is 2. The molecule has 3 aliphatic rings. The Bertz CT molecular complexity index is 997. The molecule has 4 heterocycles. The van der Waals surface area contributed by atoms with Gasteiger partial charge in [0.25, 0.3) is 0 Å². The van der Waals surface area contributed by atoms with Crippen LogP contribution >= 0.6 is 23.4 Å². The third-order valence-electron chi connectivity index (χ3n) is 7.24. The predicted octanol–water partition coefficient (Wildman–Crippen LogP) is 4.35. The average Bonchev–Trinajstić information content (AvgIpc) is 3.48. The Labute approximate surface area is 205 Å². The van der Waals surface area contributed by atoms with Crippen LogP contribution in [0.4, 0.5) is 5.82 Å². The number of benzene rings is 1. The summed E-state index contributed by atoms with van der Waals surface area (Å²) in [5.74, 6) is 2.09. The molecule has 3 atom stereocenters. The van der Waals surface area contributed by atoms with Crippen LogP contribution in [0.25, 0.3) is 0 Å². The summed E-state index contributed by atoms with van der Waals surface area (Å²) in [7, 11) is 0. The van der Waals surface area contributed by atoms with Crippen molar-refractivity contribution < 1.29 is 4.79 Å². The van der Waals surface area contributed by atoms with E-state index in [4.69, 9.17) is 11.6 Å². The summed E-state index contributed by atoms with van der Waals surface area (Å²) in [4.78, 5) is 29.9. The normalized spacial score (nSPS) is 24.2. The van der Waals surface area contributed by atoms with Crippen LogP contribution in [0.3, 0.4) is 0 Å². The highest BCUT2D eigenvalue weighted by atomic mass is 35.5.